The Balaban J connectivity index is 3.99. The highest BCUT2D eigenvalue weighted by Crippen LogP contribution is 2.11. The second-order valence-corrected chi connectivity index (χ2v) is 6.51. The summed E-state index contributed by atoms with van der Waals surface area (Å²) in [7, 11) is 0. The molecule has 0 aliphatic heterocycles. The molecular weight excluding hydrogens is 254 g/mol. The fourth-order valence-corrected chi connectivity index (χ4v) is 2.76. The summed E-state index contributed by atoms with van der Waals surface area (Å²) in [5.74, 6) is 2.35. The molecule has 0 aromatic rings. The van der Waals surface area contributed by atoms with Gasteiger partial charge in [0.2, 0.25) is 0 Å². The van der Waals surface area contributed by atoms with E-state index in [2.05, 4.69) is 32.6 Å². The minimum absolute atomic E-state index is 0.445. The topological polar surface area (TPSA) is 12.5 Å². The lowest BCUT2D eigenvalue weighted by Gasteiger charge is -2.25. The van der Waals surface area contributed by atoms with Crippen LogP contribution in [0.1, 0.15) is 66.2 Å². The van der Waals surface area contributed by atoms with Crippen molar-refractivity contribution in [1.29, 1.82) is 0 Å². The van der Waals surface area contributed by atoms with Crippen LogP contribution in [0.4, 0.5) is 0 Å². The lowest BCUT2D eigenvalue weighted by atomic mass is 10.2. The quantitative estimate of drug-likeness (QED) is 0.427. The number of unbranched alkanes of at least 4 members (excludes halogenated alkanes) is 2. The lowest BCUT2D eigenvalue weighted by Crippen LogP contribution is -2.32. The number of hydrogen-bond donors (Lipinski definition) is 0. The zero-order chi connectivity index (χ0) is 14.3. The molecule has 0 fully saturated rings. The van der Waals surface area contributed by atoms with Crippen LogP contribution in [0.15, 0.2) is 0 Å². The second-order valence-electron chi connectivity index (χ2n) is 5.19. The summed E-state index contributed by atoms with van der Waals surface area (Å²) in [6, 6.07) is 0. The summed E-state index contributed by atoms with van der Waals surface area (Å²) < 4.78 is 6.15. The van der Waals surface area contributed by atoms with E-state index in [4.69, 9.17) is 4.74 Å². The Hall–Kier alpha value is 0.270. The molecule has 116 valence electrons. The smallest absolute Gasteiger partial charge is 0.0994 e. The Morgan fingerprint density at radius 1 is 0.947 bits per heavy atom. The van der Waals surface area contributed by atoms with Gasteiger partial charge in [0.25, 0.3) is 0 Å². The van der Waals surface area contributed by atoms with Gasteiger partial charge in [-0.25, -0.2) is 0 Å². The summed E-state index contributed by atoms with van der Waals surface area (Å²) in [4.78, 5) is 2.49. The average molecular weight is 290 g/mol. The minimum Gasteiger partial charge on any atom is -0.362 e. The van der Waals surface area contributed by atoms with E-state index in [1.165, 1.54) is 57.4 Å². The largest absolute Gasteiger partial charge is 0.362 e. The summed E-state index contributed by atoms with van der Waals surface area (Å²) in [5, 5.41) is 0. The normalized spacial score (nSPS) is 13.1. The van der Waals surface area contributed by atoms with E-state index in [-0.39, 0.29) is 0 Å². The van der Waals surface area contributed by atoms with Gasteiger partial charge < -0.3 is 4.74 Å². The Kier molecular flexibility index (Phi) is 14.9. The van der Waals surface area contributed by atoms with Gasteiger partial charge in [-0.3, -0.25) is 4.90 Å². The van der Waals surface area contributed by atoms with Gasteiger partial charge in [0.1, 0.15) is 0 Å². The van der Waals surface area contributed by atoms with Gasteiger partial charge in [-0.15, -0.1) is 0 Å². The first-order valence-electron chi connectivity index (χ1n) is 8.20. The predicted octanol–water partition coefficient (Wildman–Crippen LogP) is 4.78. The molecule has 0 aromatic heterocycles. The van der Waals surface area contributed by atoms with E-state index in [1.54, 1.807) is 0 Å². The molecule has 0 radical (unpaired) electrons. The van der Waals surface area contributed by atoms with Gasteiger partial charge in [0.05, 0.1) is 12.8 Å². The van der Waals surface area contributed by atoms with Crippen LogP contribution in [0.2, 0.25) is 0 Å². The third-order valence-corrected chi connectivity index (χ3v) is 4.28. The highest BCUT2D eigenvalue weighted by molar-refractivity contribution is 7.99. The fraction of sp³-hybridized carbons (Fsp3) is 1.00. The maximum atomic E-state index is 6.15. The van der Waals surface area contributed by atoms with Crippen LogP contribution in [-0.2, 0) is 4.74 Å². The number of ether oxygens (including phenoxy) is 1. The Bertz CT molecular complexity index is 170. The molecule has 1 unspecified atom stereocenters. The monoisotopic (exact) mass is 289 g/mol. The molecule has 0 rings (SSSR count). The predicted molar refractivity (Wildman–Crippen MR) is 89.0 cm³/mol. The van der Waals surface area contributed by atoms with E-state index in [1.807, 2.05) is 11.8 Å². The summed E-state index contributed by atoms with van der Waals surface area (Å²) in [5.41, 5.74) is 0. The zero-order valence-electron chi connectivity index (χ0n) is 13.6. The van der Waals surface area contributed by atoms with Gasteiger partial charge in [0, 0.05) is 18.8 Å². The second kappa shape index (κ2) is 14.7. The average Bonchev–Trinajstić information content (AvgIpc) is 2.43. The number of hydrogen-bond acceptors (Lipinski definition) is 3. The molecule has 0 aromatic carbocycles. The SMILES string of the molecule is CCCCN(CCCC)COC(CCC)CSCC. The first-order chi connectivity index (χ1) is 9.28. The molecule has 0 heterocycles. The highest BCUT2D eigenvalue weighted by atomic mass is 32.2. The van der Waals surface area contributed by atoms with Crippen molar-refractivity contribution in [2.24, 2.45) is 0 Å². The van der Waals surface area contributed by atoms with Crippen LogP contribution in [0, 0.1) is 0 Å². The van der Waals surface area contributed by atoms with Crippen molar-refractivity contribution >= 4 is 11.8 Å². The van der Waals surface area contributed by atoms with Crippen molar-refractivity contribution in [2.75, 3.05) is 31.3 Å². The van der Waals surface area contributed by atoms with Crippen LogP contribution in [-0.4, -0.2) is 42.3 Å². The Labute approximate surface area is 125 Å². The van der Waals surface area contributed by atoms with Crippen LogP contribution in [0.25, 0.3) is 0 Å². The van der Waals surface area contributed by atoms with E-state index in [0.717, 1.165) is 12.5 Å². The molecule has 0 saturated heterocycles. The van der Waals surface area contributed by atoms with Crippen molar-refractivity contribution in [3.63, 3.8) is 0 Å². The molecule has 0 N–H and O–H groups in total. The van der Waals surface area contributed by atoms with Crippen LogP contribution in [0.3, 0.4) is 0 Å². The first kappa shape index (κ1) is 19.3. The van der Waals surface area contributed by atoms with E-state index in [9.17, 15) is 0 Å². The molecule has 0 bridgehead atoms. The van der Waals surface area contributed by atoms with Crippen molar-refractivity contribution in [3.8, 4) is 0 Å². The Morgan fingerprint density at radius 2 is 1.58 bits per heavy atom. The maximum absolute atomic E-state index is 6.15. The fourth-order valence-electron chi connectivity index (χ4n) is 2.00. The summed E-state index contributed by atoms with van der Waals surface area (Å²) in [6.07, 6.45) is 7.98. The molecule has 19 heavy (non-hydrogen) atoms. The van der Waals surface area contributed by atoms with E-state index < -0.39 is 0 Å². The third kappa shape index (κ3) is 11.8. The molecule has 0 aliphatic rings. The zero-order valence-corrected chi connectivity index (χ0v) is 14.4. The van der Waals surface area contributed by atoms with Gasteiger partial charge in [-0.2, -0.15) is 11.8 Å². The summed E-state index contributed by atoms with van der Waals surface area (Å²) >= 11 is 2.00. The lowest BCUT2D eigenvalue weighted by molar-refractivity contribution is -0.0168. The van der Waals surface area contributed by atoms with Gasteiger partial charge in [0.15, 0.2) is 0 Å². The van der Waals surface area contributed by atoms with Crippen LogP contribution in [0.5, 0.6) is 0 Å². The minimum atomic E-state index is 0.445. The third-order valence-electron chi connectivity index (χ3n) is 3.27. The number of thioether (sulfide) groups is 1. The molecule has 2 nitrogen and oxygen atoms in total. The summed E-state index contributed by atoms with van der Waals surface area (Å²) in [6.45, 7) is 12.2. The standard InChI is InChI=1S/C16H35NOS/c1-5-9-12-17(13-10-6-2)15-18-16(11-7-3)14-19-8-4/h16H,5-15H2,1-4H3. The van der Waals surface area contributed by atoms with Crippen LogP contribution < -0.4 is 0 Å². The van der Waals surface area contributed by atoms with Crippen molar-refractivity contribution in [2.45, 2.75) is 72.3 Å². The molecule has 1 atom stereocenters. The van der Waals surface area contributed by atoms with Crippen LogP contribution >= 0.6 is 11.8 Å². The van der Waals surface area contributed by atoms with Crippen molar-refractivity contribution in [1.82, 2.24) is 4.90 Å². The first-order valence-corrected chi connectivity index (χ1v) is 9.35. The molecule has 3 heteroatoms. The molecule has 0 aliphatic carbocycles. The highest BCUT2D eigenvalue weighted by Gasteiger charge is 2.11. The van der Waals surface area contributed by atoms with Crippen molar-refractivity contribution < 1.29 is 4.74 Å². The molecule has 0 amide bonds. The maximum Gasteiger partial charge on any atom is 0.0994 e. The van der Waals surface area contributed by atoms with E-state index >= 15 is 0 Å². The number of rotatable bonds is 14. The Morgan fingerprint density at radius 3 is 2.05 bits per heavy atom. The van der Waals surface area contributed by atoms with E-state index in [0.29, 0.717) is 6.10 Å². The molecule has 0 saturated carbocycles. The number of nitrogens with zero attached hydrogens (tertiary/aromatic N) is 1. The molecule has 0 spiro atoms. The molecular formula is C16H35NOS. The van der Waals surface area contributed by atoms with Gasteiger partial charge in [-0.1, -0.05) is 47.0 Å². The van der Waals surface area contributed by atoms with Crippen molar-refractivity contribution in [3.05, 3.63) is 0 Å². The van der Waals surface area contributed by atoms with Gasteiger partial charge >= 0.3 is 0 Å². The van der Waals surface area contributed by atoms with Gasteiger partial charge in [-0.05, 0) is 25.0 Å².